The number of fused-ring (bicyclic) bond motifs is 1. The summed E-state index contributed by atoms with van der Waals surface area (Å²) in [4.78, 5) is 24.5. The lowest BCUT2D eigenvalue weighted by molar-refractivity contribution is 0.0992. The van der Waals surface area contributed by atoms with Crippen molar-refractivity contribution in [3.63, 3.8) is 0 Å². The number of methoxy groups -OCH3 is 1. The fraction of sp³-hybridized carbons (Fsp3) is 0.111. The Balaban J connectivity index is 1.97. The molecule has 0 saturated carbocycles. The summed E-state index contributed by atoms with van der Waals surface area (Å²) in [6.07, 6.45) is -0.00286. The third-order valence-corrected chi connectivity index (χ3v) is 4.06. The number of ketones is 1. The zero-order valence-electron chi connectivity index (χ0n) is 12.3. The number of carbonyl (C=O) groups excluding carboxylic acids is 1. The van der Waals surface area contributed by atoms with Gasteiger partial charge in [0.2, 0.25) is 0 Å². The normalized spacial score (nSPS) is 10.7. The van der Waals surface area contributed by atoms with Crippen molar-refractivity contribution in [2.75, 3.05) is 7.11 Å². The number of hydrogen-bond donors (Lipinski definition) is 0. The molecular formula is C18H13BrO4. The lowest BCUT2D eigenvalue weighted by Crippen LogP contribution is -2.13. The molecule has 0 amide bonds. The largest absolute Gasteiger partial charge is 0.493 e. The maximum Gasteiger partial charge on any atom is 0.340 e. The summed E-state index contributed by atoms with van der Waals surface area (Å²) in [5.74, 6) is 0.359. The van der Waals surface area contributed by atoms with Gasteiger partial charge in [-0.2, -0.15) is 0 Å². The monoisotopic (exact) mass is 372 g/mol. The number of rotatable bonds is 4. The van der Waals surface area contributed by atoms with E-state index in [1.54, 1.807) is 36.4 Å². The van der Waals surface area contributed by atoms with Crippen molar-refractivity contribution in [2.45, 2.75) is 6.42 Å². The van der Waals surface area contributed by atoms with Crippen LogP contribution in [0, 0.1) is 0 Å². The Labute approximate surface area is 140 Å². The molecule has 0 saturated heterocycles. The molecule has 0 radical (unpaired) electrons. The minimum absolute atomic E-state index is 0.00286. The van der Waals surface area contributed by atoms with Gasteiger partial charge in [0.25, 0.3) is 0 Å². The molecule has 3 rings (SSSR count). The molecule has 5 heteroatoms. The first kappa shape index (κ1) is 15.5. The van der Waals surface area contributed by atoms with E-state index in [-0.39, 0.29) is 12.2 Å². The standard InChI is InChI=1S/C18H13BrO4/c1-22-16-4-2-3-12-9-13(18(21)23-17(12)16)10-15(20)11-5-7-14(19)8-6-11/h2-9H,10H2,1H3. The second-order valence-electron chi connectivity index (χ2n) is 5.04. The second kappa shape index (κ2) is 6.38. The van der Waals surface area contributed by atoms with Gasteiger partial charge in [-0.25, -0.2) is 4.79 Å². The van der Waals surface area contributed by atoms with Gasteiger partial charge in [-0.3, -0.25) is 4.79 Å². The van der Waals surface area contributed by atoms with E-state index in [1.165, 1.54) is 7.11 Å². The van der Waals surface area contributed by atoms with Crippen LogP contribution in [0.25, 0.3) is 11.0 Å². The first-order valence-corrected chi connectivity index (χ1v) is 7.76. The number of carbonyl (C=O) groups is 1. The Morgan fingerprint density at radius 1 is 1.17 bits per heavy atom. The Morgan fingerprint density at radius 2 is 1.91 bits per heavy atom. The van der Waals surface area contributed by atoms with Crippen molar-refractivity contribution >= 4 is 32.7 Å². The Hall–Kier alpha value is -2.40. The highest BCUT2D eigenvalue weighted by atomic mass is 79.9. The van der Waals surface area contributed by atoms with Gasteiger partial charge in [0, 0.05) is 27.4 Å². The molecule has 0 aliphatic rings. The zero-order chi connectivity index (χ0) is 16.4. The van der Waals surface area contributed by atoms with Crippen LogP contribution in [0.1, 0.15) is 15.9 Å². The number of Topliss-reactive ketones (excluding diaryl/α,β-unsaturated/α-hetero) is 1. The average molecular weight is 373 g/mol. The molecule has 2 aromatic carbocycles. The van der Waals surface area contributed by atoms with Gasteiger partial charge in [-0.15, -0.1) is 0 Å². The molecule has 0 bridgehead atoms. The summed E-state index contributed by atoms with van der Waals surface area (Å²) in [5, 5.41) is 0.725. The van der Waals surface area contributed by atoms with Crippen molar-refractivity contribution < 1.29 is 13.9 Å². The zero-order valence-corrected chi connectivity index (χ0v) is 13.9. The van der Waals surface area contributed by atoms with Crippen LogP contribution < -0.4 is 10.4 Å². The first-order chi connectivity index (χ1) is 11.1. The molecular weight excluding hydrogens is 360 g/mol. The third-order valence-electron chi connectivity index (χ3n) is 3.53. The minimum Gasteiger partial charge on any atom is -0.493 e. The predicted molar refractivity (Wildman–Crippen MR) is 91.2 cm³/mol. The Morgan fingerprint density at radius 3 is 2.61 bits per heavy atom. The average Bonchev–Trinajstić information content (AvgIpc) is 2.55. The van der Waals surface area contributed by atoms with Gasteiger partial charge in [-0.1, -0.05) is 40.2 Å². The van der Waals surface area contributed by atoms with Crippen molar-refractivity contribution in [2.24, 2.45) is 0 Å². The molecule has 116 valence electrons. The van der Waals surface area contributed by atoms with E-state index < -0.39 is 5.63 Å². The van der Waals surface area contributed by atoms with Crippen LogP contribution in [0.2, 0.25) is 0 Å². The second-order valence-corrected chi connectivity index (χ2v) is 5.96. The number of para-hydroxylation sites is 1. The molecule has 0 fully saturated rings. The van der Waals surface area contributed by atoms with E-state index in [1.807, 2.05) is 12.1 Å². The van der Waals surface area contributed by atoms with E-state index in [0.717, 1.165) is 9.86 Å². The molecule has 4 nitrogen and oxygen atoms in total. The molecule has 1 heterocycles. The third kappa shape index (κ3) is 3.19. The molecule has 0 spiro atoms. The maximum absolute atomic E-state index is 12.3. The number of halogens is 1. The number of hydrogen-bond acceptors (Lipinski definition) is 4. The molecule has 0 aliphatic heterocycles. The van der Waals surface area contributed by atoms with Crippen LogP contribution in [0.4, 0.5) is 0 Å². The van der Waals surface area contributed by atoms with Crippen LogP contribution >= 0.6 is 15.9 Å². The lowest BCUT2D eigenvalue weighted by atomic mass is 10.0. The number of ether oxygens (including phenoxy) is 1. The molecule has 23 heavy (non-hydrogen) atoms. The molecule has 0 aliphatic carbocycles. The summed E-state index contributed by atoms with van der Waals surface area (Å²) >= 11 is 3.33. The molecule has 1 aromatic heterocycles. The van der Waals surface area contributed by atoms with Crippen molar-refractivity contribution in [3.8, 4) is 5.75 Å². The van der Waals surface area contributed by atoms with Crippen molar-refractivity contribution in [3.05, 3.63) is 74.6 Å². The summed E-state index contributed by atoms with van der Waals surface area (Å²) in [5.41, 5.74) is 0.754. The van der Waals surface area contributed by atoms with E-state index in [2.05, 4.69) is 15.9 Å². The van der Waals surface area contributed by atoms with Crippen LogP contribution in [-0.4, -0.2) is 12.9 Å². The highest BCUT2D eigenvalue weighted by Crippen LogP contribution is 2.24. The topological polar surface area (TPSA) is 56.5 Å². The van der Waals surface area contributed by atoms with Crippen LogP contribution in [-0.2, 0) is 6.42 Å². The van der Waals surface area contributed by atoms with Crippen LogP contribution in [0.5, 0.6) is 5.75 Å². The van der Waals surface area contributed by atoms with E-state index in [4.69, 9.17) is 9.15 Å². The van der Waals surface area contributed by atoms with Gasteiger partial charge in [0.15, 0.2) is 17.1 Å². The van der Waals surface area contributed by atoms with Gasteiger partial charge in [-0.05, 0) is 24.3 Å². The Bertz CT molecular complexity index is 926. The maximum atomic E-state index is 12.3. The van der Waals surface area contributed by atoms with Crippen LogP contribution in [0.15, 0.2) is 62.2 Å². The Kier molecular flexibility index (Phi) is 4.30. The van der Waals surface area contributed by atoms with Gasteiger partial charge >= 0.3 is 5.63 Å². The van der Waals surface area contributed by atoms with Gasteiger partial charge in [0.1, 0.15) is 0 Å². The quantitative estimate of drug-likeness (QED) is 0.513. The summed E-state index contributed by atoms with van der Waals surface area (Å²) in [7, 11) is 1.51. The minimum atomic E-state index is -0.521. The predicted octanol–water partition coefficient (Wildman–Crippen LogP) is 3.99. The summed E-state index contributed by atoms with van der Waals surface area (Å²) in [6.45, 7) is 0. The molecule has 0 N–H and O–H groups in total. The smallest absolute Gasteiger partial charge is 0.340 e. The summed E-state index contributed by atoms with van der Waals surface area (Å²) in [6, 6.07) is 14.0. The molecule has 3 aromatic rings. The number of benzene rings is 2. The summed E-state index contributed by atoms with van der Waals surface area (Å²) < 4.78 is 11.4. The highest BCUT2D eigenvalue weighted by Gasteiger charge is 2.13. The molecule has 0 atom stereocenters. The van der Waals surface area contributed by atoms with Gasteiger partial charge < -0.3 is 9.15 Å². The van der Waals surface area contributed by atoms with E-state index in [9.17, 15) is 9.59 Å². The van der Waals surface area contributed by atoms with E-state index in [0.29, 0.717) is 22.5 Å². The molecule has 0 unspecified atom stereocenters. The van der Waals surface area contributed by atoms with Crippen LogP contribution in [0.3, 0.4) is 0 Å². The first-order valence-electron chi connectivity index (χ1n) is 6.97. The van der Waals surface area contributed by atoms with Crippen molar-refractivity contribution in [1.29, 1.82) is 0 Å². The highest BCUT2D eigenvalue weighted by molar-refractivity contribution is 9.10. The fourth-order valence-electron chi connectivity index (χ4n) is 2.36. The van der Waals surface area contributed by atoms with Crippen molar-refractivity contribution in [1.82, 2.24) is 0 Å². The lowest BCUT2D eigenvalue weighted by Gasteiger charge is -2.06. The SMILES string of the molecule is COc1cccc2cc(CC(=O)c3ccc(Br)cc3)c(=O)oc12. The fourth-order valence-corrected chi connectivity index (χ4v) is 2.62. The van der Waals surface area contributed by atoms with Gasteiger partial charge in [0.05, 0.1) is 7.11 Å². The van der Waals surface area contributed by atoms with E-state index >= 15 is 0 Å².